The zero-order chi connectivity index (χ0) is 14.0. The summed E-state index contributed by atoms with van der Waals surface area (Å²) in [5, 5.41) is 4.21. The highest BCUT2D eigenvalue weighted by Gasteiger charge is 2.19. The Kier molecular flexibility index (Phi) is 3.41. The second-order valence-electron chi connectivity index (χ2n) is 4.06. The lowest BCUT2D eigenvalue weighted by molar-refractivity contribution is 0.101. The molecule has 0 atom stereocenters. The summed E-state index contributed by atoms with van der Waals surface area (Å²) in [5.74, 6) is -0.288. The highest BCUT2D eigenvalue weighted by Crippen LogP contribution is 2.23. The van der Waals surface area contributed by atoms with Crippen LogP contribution in [-0.2, 0) is 6.54 Å². The first kappa shape index (κ1) is 12.9. The molecule has 0 amide bonds. The number of Topliss-reactive ketones (excluding diaryl/α,β-unsaturated/α-hetero) is 1. The normalized spacial score (nSPS) is 10.4. The molecule has 0 unspecified atom stereocenters. The van der Waals surface area contributed by atoms with E-state index in [9.17, 15) is 9.59 Å². The largest absolute Gasteiger partial charge is 0.394 e. The molecule has 0 bridgehead atoms. The van der Waals surface area contributed by atoms with E-state index in [4.69, 9.17) is 5.73 Å². The number of nitrogens with zero attached hydrogens (tertiary/aromatic N) is 3. The molecule has 0 saturated carbocycles. The number of nitrogen functional groups attached to an aromatic ring is 1. The van der Waals surface area contributed by atoms with Gasteiger partial charge in [-0.3, -0.25) is 14.6 Å². The van der Waals surface area contributed by atoms with Gasteiger partial charge < -0.3 is 5.73 Å². The molecule has 0 aliphatic carbocycles. The van der Waals surface area contributed by atoms with E-state index in [-0.39, 0.29) is 17.0 Å². The summed E-state index contributed by atoms with van der Waals surface area (Å²) in [6, 6.07) is 3.50. The summed E-state index contributed by atoms with van der Waals surface area (Å²) < 4.78 is 1.24. The molecule has 0 aliphatic rings. The molecule has 0 aromatic carbocycles. The summed E-state index contributed by atoms with van der Waals surface area (Å²) >= 11 is 0. The van der Waals surface area contributed by atoms with Gasteiger partial charge in [0, 0.05) is 24.5 Å². The van der Waals surface area contributed by atoms with Gasteiger partial charge in [0.2, 0.25) is 0 Å². The van der Waals surface area contributed by atoms with Crippen molar-refractivity contribution in [1.29, 1.82) is 0 Å². The smallest absolute Gasteiger partial charge is 0.290 e. The average Bonchev–Trinajstić information content (AvgIpc) is 2.42. The molecular weight excluding hydrogens is 244 g/mol. The van der Waals surface area contributed by atoms with Gasteiger partial charge in [-0.15, -0.1) is 0 Å². The summed E-state index contributed by atoms with van der Waals surface area (Å²) in [6.45, 7) is 3.53. The van der Waals surface area contributed by atoms with Crippen molar-refractivity contribution in [1.82, 2.24) is 14.8 Å². The van der Waals surface area contributed by atoms with Crippen LogP contribution in [0.2, 0.25) is 0 Å². The first-order valence-corrected chi connectivity index (χ1v) is 5.88. The van der Waals surface area contributed by atoms with Crippen molar-refractivity contribution in [2.75, 3.05) is 5.73 Å². The van der Waals surface area contributed by atoms with Crippen molar-refractivity contribution in [2.45, 2.75) is 20.4 Å². The van der Waals surface area contributed by atoms with Gasteiger partial charge >= 0.3 is 0 Å². The first-order chi connectivity index (χ1) is 9.06. The van der Waals surface area contributed by atoms with Crippen molar-refractivity contribution in [3.63, 3.8) is 0 Å². The van der Waals surface area contributed by atoms with Crippen molar-refractivity contribution in [3.05, 3.63) is 40.4 Å². The Bertz CT molecular complexity index is 677. The number of hydrogen-bond donors (Lipinski definition) is 1. The van der Waals surface area contributed by atoms with Crippen molar-refractivity contribution in [3.8, 4) is 11.3 Å². The Morgan fingerprint density at radius 1 is 1.47 bits per heavy atom. The fourth-order valence-corrected chi connectivity index (χ4v) is 1.87. The lowest BCUT2D eigenvalue weighted by atomic mass is 10.0. The lowest BCUT2D eigenvalue weighted by Gasteiger charge is -2.11. The molecule has 0 aliphatic heterocycles. The predicted molar refractivity (Wildman–Crippen MR) is 71.8 cm³/mol. The monoisotopic (exact) mass is 258 g/mol. The van der Waals surface area contributed by atoms with Crippen molar-refractivity contribution >= 4 is 11.5 Å². The van der Waals surface area contributed by atoms with Crippen LogP contribution in [0.5, 0.6) is 0 Å². The summed E-state index contributed by atoms with van der Waals surface area (Å²) in [6.07, 6.45) is 3.20. The number of aryl methyl sites for hydroxylation is 1. The van der Waals surface area contributed by atoms with E-state index in [0.717, 1.165) is 0 Å². The molecular formula is C13H14N4O2. The van der Waals surface area contributed by atoms with Gasteiger partial charge in [-0.25, -0.2) is 4.68 Å². The second kappa shape index (κ2) is 5.01. The molecule has 0 radical (unpaired) electrons. The number of nitrogens with two attached hydrogens (primary N) is 1. The lowest BCUT2D eigenvalue weighted by Crippen LogP contribution is -2.28. The third kappa shape index (κ3) is 2.24. The van der Waals surface area contributed by atoms with Crippen LogP contribution in [0.1, 0.15) is 24.2 Å². The van der Waals surface area contributed by atoms with E-state index in [2.05, 4.69) is 10.1 Å². The number of carbonyl (C=O) groups is 1. The SMILES string of the molecule is CCn1nc(-c2cccnc2)c(C(C)=O)c(N)c1=O. The van der Waals surface area contributed by atoms with Crippen LogP contribution < -0.4 is 11.3 Å². The Morgan fingerprint density at radius 3 is 2.74 bits per heavy atom. The van der Waals surface area contributed by atoms with Gasteiger partial charge in [-0.05, 0) is 26.0 Å². The second-order valence-corrected chi connectivity index (χ2v) is 4.06. The third-order valence-corrected chi connectivity index (χ3v) is 2.78. The average molecular weight is 258 g/mol. The van der Waals surface area contributed by atoms with Crippen LogP contribution >= 0.6 is 0 Å². The standard InChI is InChI=1S/C13H14N4O2/c1-3-17-13(19)11(14)10(8(2)18)12(16-17)9-5-4-6-15-7-9/h4-7H,3,14H2,1-2H3. The fraction of sp³-hybridized carbons (Fsp3) is 0.231. The van der Waals surface area contributed by atoms with Crippen molar-refractivity contribution < 1.29 is 4.79 Å². The van der Waals surface area contributed by atoms with Crippen LogP contribution in [0.15, 0.2) is 29.3 Å². The van der Waals surface area contributed by atoms with E-state index >= 15 is 0 Å². The maximum Gasteiger partial charge on any atom is 0.290 e. The maximum absolute atomic E-state index is 11.9. The maximum atomic E-state index is 11.9. The zero-order valence-electron chi connectivity index (χ0n) is 10.8. The minimum absolute atomic E-state index is 0.0665. The highest BCUT2D eigenvalue weighted by atomic mass is 16.1. The quantitative estimate of drug-likeness (QED) is 0.833. The van der Waals surface area contributed by atoms with Crippen LogP contribution in [0.3, 0.4) is 0 Å². The van der Waals surface area contributed by atoms with E-state index < -0.39 is 5.56 Å². The molecule has 0 saturated heterocycles. The van der Waals surface area contributed by atoms with Gasteiger partial charge in [0.05, 0.1) is 5.56 Å². The van der Waals surface area contributed by atoms with E-state index in [0.29, 0.717) is 17.8 Å². The molecule has 19 heavy (non-hydrogen) atoms. The molecule has 2 aromatic heterocycles. The van der Waals surface area contributed by atoms with Crippen LogP contribution in [0.25, 0.3) is 11.3 Å². The summed E-state index contributed by atoms with van der Waals surface area (Å²) in [7, 11) is 0. The zero-order valence-corrected chi connectivity index (χ0v) is 10.8. The van der Waals surface area contributed by atoms with Gasteiger partial charge in [0.15, 0.2) is 5.78 Å². The van der Waals surface area contributed by atoms with Crippen LogP contribution in [-0.4, -0.2) is 20.5 Å². The molecule has 6 heteroatoms. The molecule has 0 spiro atoms. The molecule has 2 rings (SSSR count). The number of carbonyl (C=O) groups excluding carboxylic acids is 1. The first-order valence-electron chi connectivity index (χ1n) is 5.88. The molecule has 98 valence electrons. The number of anilines is 1. The number of hydrogen-bond acceptors (Lipinski definition) is 5. The molecule has 6 nitrogen and oxygen atoms in total. The van der Waals surface area contributed by atoms with Crippen LogP contribution in [0.4, 0.5) is 5.69 Å². The number of ketones is 1. The Morgan fingerprint density at radius 2 is 2.21 bits per heavy atom. The minimum atomic E-state index is -0.444. The Balaban J connectivity index is 2.82. The Hall–Kier alpha value is -2.50. The molecule has 2 aromatic rings. The summed E-state index contributed by atoms with van der Waals surface area (Å²) in [5.41, 5.74) is 6.47. The van der Waals surface area contributed by atoms with Gasteiger partial charge in [0.1, 0.15) is 11.4 Å². The fourth-order valence-electron chi connectivity index (χ4n) is 1.87. The summed E-state index contributed by atoms with van der Waals surface area (Å²) in [4.78, 5) is 27.6. The van der Waals surface area contributed by atoms with Gasteiger partial charge in [-0.1, -0.05) is 0 Å². The number of aromatic nitrogens is 3. The highest BCUT2D eigenvalue weighted by molar-refractivity contribution is 6.04. The number of rotatable bonds is 3. The van der Waals surface area contributed by atoms with Crippen molar-refractivity contribution in [2.24, 2.45) is 0 Å². The third-order valence-electron chi connectivity index (χ3n) is 2.78. The molecule has 2 N–H and O–H groups in total. The van der Waals surface area contributed by atoms with E-state index in [1.807, 2.05) is 0 Å². The minimum Gasteiger partial charge on any atom is -0.394 e. The van der Waals surface area contributed by atoms with Gasteiger partial charge in [0.25, 0.3) is 5.56 Å². The predicted octanol–water partition coefficient (Wildman–Crippen LogP) is 1.11. The van der Waals surface area contributed by atoms with Crippen LogP contribution in [0, 0.1) is 0 Å². The topological polar surface area (TPSA) is 90.9 Å². The van der Waals surface area contributed by atoms with E-state index in [1.54, 1.807) is 31.5 Å². The van der Waals surface area contributed by atoms with Gasteiger partial charge in [-0.2, -0.15) is 5.10 Å². The number of pyridine rings is 1. The van der Waals surface area contributed by atoms with E-state index in [1.165, 1.54) is 11.6 Å². The molecule has 2 heterocycles. The Labute approximate surface area is 109 Å². The molecule has 0 fully saturated rings.